The first-order valence-electron chi connectivity index (χ1n) is 5.71. The second-order valence-electron chi connectivity index (χ2n) is 4.12. The number of anilines is 1. The van der Waals surface area contributed by atoms with Gasteiger partial charge in [-0.2, -0.15) is 0 Å². The van der Waals surface area contributed by atoms with E-state index in [1.807, 2.05) is 12.4 Å². The van der Waals surface area contributed by atoms with Crippen LogP contribution < -0.4 is 4.90 Å². The Morgan fingerprint density at radius 2 is 2.44 bits per heavy atom. The summed E-state index contributed by atoms with van der Waals surface area (Å²) >= 11 is 5.85. The summed E-state index contributed by atoms with van der Waals surface area (Å²) in [6, 6.07) is 0.354. The van der Waals surface area contributed by atoms with Crippen LogP contribution in [0.15, 0.2) is 12.4 Å². The number of alkyl halides is 1. The number of hydrogen-bond acceptors (Lipinski definition) is 3. The fraction of sp³-hybridized carbons (Fsp3) is 0.727. The van der Waals surface area contributed by atoms with Crippen molar-refractivity contribution >= 4 is 17.5 Å². The lowest BCUT2D eigenvalue weighted by molar-refractivity contribution is 0.0355. The Morgan fingerprint density at radius 3 is 3.12 bits per heavy atom. The number of rotatable bonds is 3. The molecule has 0 aliphatic carbocycles. The fourth-order valence-corrected chi connectivity index (χ4v) is 2.18. The lowest BCUT2D eigenvalue weighted by Crippen LogP contribution is -2.50. The van der Waals surface area contributed by atoms with Gasteiger partial charge < -0.3 is 14.2 Å². The van der Waals surface area contributed by atoms with Crippen molar-refractivity contribution in [2.24, 2.45) is 0 Å². The van der Waals surface area contributed by atoms with Crippen LogP contribution in [-0.2, 0) is 11.3 Å². The molecule has 0 spiro atoms. The smallest absolute Gasteiger partial charge is 0.205 e. The van der Waals surface area contributed by atoms with Crippen molar-refractivity contribution in [3.8, 4) is 0 Å². The highest BCUT2D eigenvalue weighted by molar-refractivity contribution is 6.18. The first kappa shape index (κ1) is 11.7. The van der Waals surface area contributed by atoms with Crippen LogP contribution in [0, 0.1) is 0 Å². The van der Waals surface area contributed by atoms with Crippen molar-refractivity contribution in [2.45, 2.75) is 32.5 Å². The second-order valence-corrected chi connectivity index (χ2v) is 4.43. The lowest BCUT2D eigenvalue weighted by atomic mass is 10.2. The Morgan fingerprint density at radius 1 is 1.62 bits per heavy atom. The SMILES string of the molecule is CCn1ccnc1N1CC(CCl)OCC1C. The molecule has 2 unspecified atom stereocenters. The van der Waals surface area contributed by atoms with E-state index in [1.54, 1.807) is 0 Å². The Kier molecular flexibility index (Phi) is 3.71. The van der Waals surface area contributed by atoms with Crippen molar-refractivity contribution in [2.75, 3.05) is 23.9 Å². The number of ether oxygens (including phenoxy) is 1. The predicted octanol–water partition coefficient (Wildman–Crippen LogP) is 1.74. The summed E-state index contributed by atoms with van der Waals surface area (Å²) in [5, 5.41) is 0. The van der Waals surface area contributed by atoms with Gasteiger partial charge in [0.05, 0.1) is 24.6 Å². The summed E-state index contributed by atoms with van der Waals surface area (Å²) in [7, 11) is 0. The molecule has 4 nitrogen and oxygen atoms in total. The molecule has 2 heterocycles. The molecule has 0 radical (unpaired) electrons. The van der Waals surface area contributed by atoms with Crippen molar-refractivity contribution in [3.05, 3.63) is 12.4 Å². The first-order chi connectivity index (χ1) is 7.76. The van der Waals surface area contributed by atoms with Crippen LogP contribution in [0.3, 0.4) is 0 Å². The van der Waals surface area contributed by atoms with Gasteiger partial charge in [0.15, 0.2) is 0 Å². The predicted molar refractivity (Wildman–Crippen MR) is 65.2 cm³/mol. The molecular weight excluding hydrogens is 226 g/mol. The number of nitrogens with zero attached hydrogens (tertiary/aromatic N) is 3. The maximum atomic E-state index is 5.85. The van der Waals surface area contributed by atoms with Gasteiger partial charge in [-0.05, 0) is 13.8 Å². The van der Waals surface area contributed by atoms with E-state index in [1.165, 1.54) is 0 Å². The molecule has 0 amide bonds. The molecule has 16 heavy (non-hydrogen) atoms. The molecular formula is C11H18ClN3O. The highest BCUT2D eigenvalue weighted by Gasteiger charge is 2.27. The van der Waals surface area contributed by atoms with E-state index in [0.29, 0.717) is 18.5 Å². The van der Waals surface area contributed by atoms with Crippen molar-refractivity contribution < 1.29 is 4.74 Å². The molecule has 1 fully saturated rings. The third-order valence-electron chi connectivity index (χ3n) is 2.97. The standard InChI is InChI=1S/C11H18ClN3O/c1-3-14-5-4-13-11(14)15-7-10(6-12)16-8-9(15)2/h4-5,9-10H,3,6-8H2,1-2H3. The van der Waals surface area contributed by atoms with Gasteiger partial charge in [-0.25, -0.2) is 4.98 Å². The Balaban J connectivity index is 2.17. The number of hydrogen-bond donors (Lipinski definition) is 0. The maximum Gasteiger partial charge on any atom is 0.205 e. The lowest BCUT2D eigenvalue weighted by Gasteiger charge is -2.38. The molecule has 1 saturated heterocycles. The van der Waals surface area contributed by atoms with Crippen molar-refractivity contribution in [1.29, 1.82) is 0 Å². The zero-order chi connectivity index (χ0) is 11.5. The monoisotopic (exact) mass is 243 g/mol. The van der Waals surface area contributed by atoms with E-state index < -0.39 is 0 Å². The van der Waals surface area contributed by atoms with Crippen LogP contribution in [0.4, 0.5) is 5.95 Å². The number of aryl methyl sites for hydroxylation is 1. The van der Waals surface area contributed by atoms with E-state index >= 15 is 0 Å². The molecule has 1 aromatic rings. The quantitative estimate of drug-likeness (QED) is 0.758. The zero-order valence-electron chi connectivity index (χ0n) is 9.77. The summed E-state index contributed by atoms with van der Waals surface area (Å²) < 4.78 is 7.78. The van der Waals surface area contributed by atoms with E-state index in [4.69, 9.17) is 16.3 Å². The zero-order valence-corrected chi connectivity index (χ0v) is 10.5. The second kappa shape index (κ2) is 5.06. The Labute approximate surface area is 101 Å². The molecule has 0 saturated carbocycles. The summed E-state index contributed by atoms with van der Waals surface area (Å²) in [4.78, 5) is 6.70. The van der Waals surface area contributed by atoms with Crippen LogP contribution in [0.25, 0.3) is 0 Å². The molecule has 2 atom stereocenters. The minimum atomic E-state index is 0.111. The van der Waals surface area contributed by atoms with Crippen molar-refractivity contribution in [1.82, 2.24) is 9.55 Å². The molecule has 2 rings (SSSR count). The normalized spacial score (nSPS) is 26.1. The third-order valence-corrected chi connectivity index (χ3v) is 3.31. The van der Waals surface area contributed by atoms with Gasteiger partial charge >= 0.3 is 0 Å². The number of morpholine rings is 1. The van der Waals surface area contributed by atoms with Crippen LogP contribution in [0.1, 0.15) is 13.8 Å². The molecule has 90 valence electrons. The Hall–Kier alpha value is -0.740. The average molecular weight is 244 g/mol. The third kappa shape index (κ3) is 2.18. The van der Waals surface area contributed by atoms with Crippen molar-refractivity contribution in [3.63, 3.8) is 0 Å². The molecule has 0 N–H and O–H groups in total. The largest absolute Gasteiger partial charge is 0.373 e. The summed E-state index contributed by atoms with van der Waals surface area (Å²) in [6.45, 7) is 6.75. The van der Waals surface area contributed by atoms with Gasteiger partial charge in [0.2, 0.25) is 5.95 Å². The number of aromatic nitrogens is 2. The maximum absolute atomic E-state index is 5.85. The highest BCUT2D eigenvalue weighted by atomic mass is 35.5. The summed E-state index contributed by atoms with van der Waals surface area (Å²) in [5.41, 5.74) is 0. The molecule has 0 aromatic carbocycles. The Bertz CT molecular complexity index is 342. The van der Waals surface area contributed by atoms with Crippen LogP contribution in [0.5, 0.6) is 0 Å². The molecule has 1 aliphatic heterocycles. The van der Waals surface area contributed by atoms with E-state index in [0.717, 1.165) is 19.0 Å². The molecule has 0 bridgehead atoms. The first-order valence-corrected chi connectivity index (χ1v) is 6.25. The fourth-order valence-electron chi connectivity index (χ4n) is 2.00. The highest BCUT2D eigenvalue weighted by Crippen LogP contribution is 2.20. The minimum absolute atomic E-state index is 0.111. The van der Waals surface area contributed by atoms with E-state index in [-0.39, 0.29) is 6.10 Å². The van der Waals surface area contributed by atoms with E-state index in [9.17, 15) is 0 Å². The van der Waals surface area contributed by atoms with Gasteiger partial charge in [0.25, 0.3) is 0 Å². The number of imidazole rings is 1. The van der Waals surface area contributed by atoms with Gasteiger partial charge in [-0.3, -0.25) is 0 Å². The van der Waals surface area contributed by atoms with Crippen LogP contribution in [0.2, 0.25) is 0 Å². The van der Waals surface area contributed by atoms with E-state index in [2.05, 4.69) is 28.3 Å². The minimum Gasteiger partial charge on any atom is -0.373 e. The van der Waals surface area contributed by atoms with Gasteiger partial charge in [-0.1, -0.05) is 0 Å². The van der Waals surface area contributed by atoms with Gasteiger partial charge in [-0.15, -0.1) is 11.6 Å². The number of halogens is 1. The molecule has 1 aliphatic rings. The summed E-state index contributed by atoms with van der Waals surface area (Å²) in [5.74, 6) is 1.56. The molecule has 5 heteroatoms. The van der Waals surface area contributed by atoms with Crippen LogP contribution >= 0.6 is 11.6 Å². The molecule has 1 aromatic heterocycles. The topological polar surface area (TPSA) is 30.3 Å². The van der Waals surface area contributed by atoms with Gasteiger partial charge in [0, 0.05) is 25.5 Å². The van der Waals surface area contributed by atoms with Crippen LogP contribution in [-0.4, -0.2) is 40.7 Å². The average Bonchev–Trinajstić information content (AvgIpc) is 2.77. The summed E-state index contributed by atoms with van der Waals surface area (Å²) in [6.07, 6.45) is 3.96. The van der Waals surface area contributed by atoms with Gasteiger partial charge in [0.1, 0.15) is 0 Å².